The van der Waals surface area contributed by atoms with E-state index in [1.54, 1.807) is 7.05 Å². The number of nitrogens with one attached hydrogen (secondary N) is 3. The van der Waals surface area contributed by atoms with Crippen LogP contribution in [0, 0.1) is 0 Å². The van der Waals surface area contributed by atoms with Gasteiger partial charge in [0.2, 0.25) is 0 Å². The Morgan fingerprint density at radius 3 is 2.12 bits per heavy atom. The van der Waals surface area contributed by atoms with Gasteiger partial charge in [0.15, 0.2) is 5.96 Å². The van der Waals surface area contributed by atoms with Gasteiger partial charge in [-0.05, 0) is 64.2 Å². The van der Waals surface area contributed by atoms with Crippen LogP contribution in [0.3, 0.4) is 0 Å². The number of carbonyl (C=O) groups excluding carboxylic acids is 1. The van der Waals surface area contributed by atoms with Crippen LogP contribution in [-0.2, 0) is 11.3 Å². The molecule has 0 atom stereocenters. The zero-order valence-corrected chi connectivity index (χ0v) is 22.0. The maximum atomic E-state index is 12.0. The minimum atomic E-state index is -0.466. The van der Waals surface area contributed by atoms with E-state index in [-0.39, 0.29) is 36.1 Å². The van der Waals surface area contributed by atoms with Crippen LogP contribution in [0.15, 0.2) is 41.4 Å². The van der Waals surface area contributed by atoms with Gasteiger partial charge in [0.1, 0.15) is 5.60 Å². The molecule has 0 spiro atoms. The van der Waals surface area contributed by atoms with Gasteiger partial charge in [-0.15, -0.1) is 24.0 Å². The minimum Gasteiger partial charge on any atom is -0.444 e. The number of rotatable bonds is 5. The second kappa shape index (κ2) is 12.3. The lowest BCUT2D eigenvalue weighted by Gasteiger charge is -2.31. The monoisotopic (exact) mass is 555 g/mol. The molecule has 1 amide bonds. The fraction of sp³-hybridized carbons (Fsp3) is 0.583. The maximum Gasteiger partial charge on any atom is 0.407 e. The molecule has 0 saturated heterocycles. The zero-order chi connectivity index (χ0) is 22.3. The van der Waals surface area contributed by atoms with Gasteiger partial charge >= 0.3 is 6.09 Å². The van der Waals surface area contributed by atoms with Crippen LogP contribution in [0.4, 0.5) is 10.5 Å². The summed E-state index contributed by atoms with van der Waals surface area (Å²) in [7, 11) is 1.80. The second-order valence-corrected chi connectivity index (χ2v) is 9.31. The first-order valence-corrected chi connectivity index (χ1v) is 11.3. The molecule has 8 heteroatoms. The molecule has 1 fully saturated rings. The number of amides is 1. The highest BCUT2D eigenvalue weighted by Crippen LogP contribution is 2.20. The van der Waals surface area contributed by atoms with Crippen molar-refractivity contribution in [3.05, 3.63) is 42.0 Å². The Morgan fingerprint density at radius 1 is 1.03 bits per heavy atom. The van der Waals surface area contributed by atoms with Crippen LogP contribution in [-0.4, -0.2) is 49.9 Å². The average Bonchev–Trinajstić information content (AvgIpc) is 3.26. The summed E-state index contributed by atoms with van der Waals surface area (Å²) < 4.78 is 5.36. The van der Waals surface area contributed by atoms with E-state index >= 15 is 0 Å². The molecular weight excluding hydrogens is 517 g/mol. The van der Waals surface area contributed by atoms with Crippen molar-refractivity contribution in [2.75, 3.05) is 25.0 Å². The first-order chi connectivity index (χ1) is 14.8. The molecule has 0 unspecified atom stereocenters. The van der Waals surface area contributed by atoms with E-state index in [1.165, 1.54) is 11.3 Å². The number of nitrogens with zero attached hydrogens (tertiary/aromatic N) is 2. The van der Waals surface area contributed by atoms with Crippen molar-refractivity contribution in [1.29, 1.82) is 0 Å². The van der Waals surface area contributed by atoms with Crippen LogP contribution in [0.2, 0.25) is 0 Å². The average molecular weight is 556 g/mol. The molecule has 0 radical (unpaired) electrons. The summed E-state index contributed by atoms with van der Waals surface area (Å²) in [5, 5.41) is 9.93. The van der Waals surface area contributed by atoms with Crippen LogP contribution in [0.1, 0.15) is 52.0 Å². The molecule has 3 rings (SSSR count). The molecule has 1 saturated carbocycles. The molecule has 1 aromatic carbocycles. The standard InChI is InChI=1S/C24H37N5O2.HI/c1-24(2,3)31-23(30)28-20-11-9-19(10-12-20)27-22(25-4)26-17-18-7-13-21(14-8-18)29-15-5-6-16-29;/h5-8,13-14,19-20H,9-12,15-17H2,1-4H3,(H,28,30)(H2,25,26,27);1H. The summed E-state index contributed by atoms with van der Waals surface area (Å²) in [6, 6.07) is 9.22. The lowest BCUT2D eigenvalue weighted by Crippen LogP contribution is -2.47. The van der Waals surface area contributed by atoms with Crippen LogP contribution in [0.5, 0.6) is 0 Å². The van der Waals surface area contributed by atoms with E-state index in [0.29, 0.717) is 6.04 Å². The number of hydrogen-bond donors (Lipinski definition) is 3. The van der Waals surface area contributed by atoms with Crippen LogP contribution >= 0.6 is 24.0 Å². The second-order valence-electron chi connectivity index (χ2n) is 9.31. The van der Waals surface area contributed by atoms with Crippen molar-refractivity contribution in [2.45, 2.75) is 70.7 Å². The summed E-state index contributed by atoms with van der Waals surface area (Å²) >= 11 is 0. The number of benzene rings is 1. The lowest BCUT2D eigenvalue weighted by atomic mass is 9.91. The van der Waals surface area contributed by atoms with Crippen LogP contribution < -0.4 is 20.9 Å². The normalized spacial score (nSPS) is 21.0. The van der Waals surface area contributed by atoms with E-state index in [1.807, 2.05) is 20.8 Å². The van der Waals surface area contributed by atoms with Gasteiger partial charge in [-0.1, -0.05) is 24.3 Å². The Balaban J connectivity index is 0.00000363. The molecular formula is C24H38IN5O2. The zero-order valence-electron chi connectivity index (χ0n) is 19.7. The Bertz CT molecular complexity index is 773. The Hall–Kier alpha value is -1.97. The third kappa shape index (κ3) is 8.52. The Morgan fingerprint density at radius 2 is 1.59 bits per heavy atom. The number of alkyl carbamates (subject to hydrolysis) is 1. The first-order valence-electron chi connectivity index (χ1n) is 11.3. The van der Waals surface area contributed by atoms with Crippen molar-refractivity contribution >= 4 is 41.7 Å². The number of ether oxygens (including phenoxy) is 1. The highest BCUT2D eigenvalue weighted by Gasteiger charge is 2.25. The van der Waals surface area contributed by atoms with Crippen molar-refractivity contribution in [3.8, 4) is 0 Å². The largest absolute Gasteiger partial charge is 0.444 e. The molecule has 7 nitrogen and oxygen atoms in total. The van der Waals surface area contributed by atoms with Crippen molar-refractivity contribution in [2.24, 2.45) is 4.99 Å². The molecule has 3 N–H and O–H groups in total. The maximum absolute atomic E-state index is 12.0. The number of aliphatic imine (C=N–C) groups is 1. The summed E-state index contributed by atoms with van der Waals surface area (Å²) in [4.78, 5) is 18.7. The van der Waals surface area contributed by atoms with Gasteiger partial charge in [0, 0.05) is 44.5 Å². The number of guanidine groups is 1. The van der Waals surface area contributed by atoms with E-state index in [2.05, 4.69) is 62.3 Å². The number of hydrogen-bond acceptors (Lipinski definition) is 4. The summed E-state index contributed by atoms with van der Waals surface area (Å²) in [5.41, 5.74) is 2.02. The van der Waals surface area contributed by atoms with Crippen LogP contribution in [0.25, 0.3) is 0 Å². The molecule has 0 aromatic heterocycles. The fourth-order valence-electron chi connectivity index (χ4n) is 3.94. The van der Waals surface area contributed by atoms with E-state index in [0.717, 1.165) is 51.3 Å². The van der Waals surface area contributed by atoms with Crippen molar-refractivity contribution in [1.82, 2.24) is 16.0 Å². The minimum absolute atomic E-state index is 0. The molecule has 1 aromatic rings. The molecule has 2 aliphatic rings. The van der Waals surface area contributed by atoms with Gasteiger partial charge < -0.3 is 25.6 Å². The molecule has 1 aliphatic heterocycles. The lowest BCUT2D eigenvalue weighted by molar-refractivity contribution is 0.0490. The highest BCUT2D eigenvalue weighted by molar-refractivity contribution is 14.0. The Labute approximate surface area is 209 Å². The topological polar surface area (TPSA) is 78.0 Å². The number of halogens is 1. The molecule has 1 heterocycles. The summed E-state index contributed by atoms with van der Waals surface area (Å²) in [6.07, 6.45) is 7.91. The molecule has 32 heavy (non-hydrogen) atoms. The third-order valence-electron chi connectivity index (χ3n) is 5.59. The first kappa shape index (κ1) is 26.3. The van der Waals surface area contributed by atoms with E-state index < -0.39 is 5.60 Å². The number of carbonyl (C=O) groups is 1. The van der Waals surface area contributed by atoms with Crippen molar-refractivity contribution < 1.29 is 9.53 Å². The summed E-state index contributed by atoms with van der Waals surface area (Å²) in [6.45, 7) is 8.35. The SMILES string of the molecule is CN=C(NCc1ccc(N2CC=CC2)cc1)NC1CCC(NC(=O)OC(C)(C)C)CC1.I. The predicted molar refractivity (Wildman–Crippen MR) is 142 cm³/mol. The van der Waals surface area contributed by atoms with Gasteiger partial charge in [-0.3, -0.25) is 4.99 Å². The number of anilines is 1. The van der Waals surface area contributed by atoms with Gasteiger partial charge in [0.25, 0.3) is 0 Å². The smallest absolute Gasteiger partial charge is 0.407 e. The third-order valence-corrected chi connectivity index (χ3v) is 5.59. The predicted octanol–water partition coefficient (Wildman–Crippen LogP) is 4.18. The molecule has 178 valence electrons. The van der Waals surface area contributed by atoms with Crippen molar-refractivity contribution in [3.63, 3.8) is 0 Å². The van der Waals surface area contributed by atoms with E-state index in [4.69, 9.17) is 4.74 Å². The van der Waals surface area contributed by atoms with Gasteiger partial charge in [-0.2, -0.15) is 0 Å². The molecule has 1 aliphatic carbocycles. The quantitative estimate of drug-likeness (QED) is 0.220. The molecule has 0 bridgehead atoms. The Kier molecular flexibility index (Phi) is 10.1. The van der Waals surface area contributed by atoms with Gasteiger partial charge in [-0.25, -0.2) is 4.79 Å². The fourth-order valence-corrected chi connectivity index (χ4v) is 3.94. The van der Waals surface area contributed by atoms with Gasteiger partial charge in [0.05, 0.1) is 0 Å². The highest BCUT2D eigenvalue weighted by atomic mass is 127. The van der Waals surface area contributed by atoms with E-state index in [9.17, 15) is 4.79 Å². The summed E-state index contributed by atoms with van der Waals surface area (Å²) in [5.74, 6) is 0.816.